The molecule has 5 heteroatoms. The molecule has 3 aromatic carbocycles. The van der Waals surface area contributed by atoms with Crippen molar-refractivity contribution in [1.82, 2.24) is 5.32 Å². The SMILES string of the molecule is Cc1cc(OC(C)C)ccc1NC(=O)CC(NC(=O)c1ccccc1)c1ccccc1. The first-order chi connectivity index (χ1) is 14.9. The van der Waals surface area contributed by atoms with Gasteiger partial charge in [0.25, 0.3) is 5.91 Å². The van der Waals surface area contributed by atoms with Crippen LogP contribution in [0.5, 0.6) is 5.75 Å². The van der Waals surface area contributed by atoms with Crippen LogP contribution in [0.2, 0.25) is 0 Å². The van der Waals surface area contributed by atoms with E-state index in [1.807, 2.05) is 87.5 Å². The normalized spacial score (nSPS) is 11.6. The van der Waals surface area contributed by atoms with E-state index in [1.165, 1.54) is 0 Å². The molecule has 0 bridgehead atoms. The van der Waals surface area contributed by atoms with Gasteiger partial charge in [-0.25, -0.2) is 0 Å². The second-order valence-electron chi connectivity index (χ2n) is 7.70. The van der Waals surface area contributed by atoms with Crippen LogP contribution in [-0.4, -0.2) is 17.9 Å². The van der Waals surface area contributed by atoms with Gasteiger partial charge in [0.1, 0.15) is 5.75 Å². The van der Waals surface area contributed by atoms with Gasteiger partial charge in [-0.3, -0.25) is 9.59 Å². The van der Waals surface area contributed by atoms with Crippen LogP contribution in [0.3, 0.4) is 0 Å². The van der Waals surface area contributed by atoms with E-state index in [1.54, 1.807) is 12.1 Å². The van der Waals surface area contributed by atoms with Gasteiger partial charge in [0, 0.05) is 11.3 Å². The molecule has 0 aliphatic carbocycles. The zero-order chi connectivity index (χ0) is 22.2. The number of amides is 2. The number of aryl methyl sites for hydroxylation is 1. The summed E-state index contributed by atoms with van der Waals surface area (Å²) in [4.78, 5) is 25.5. The number of rotatable bonds is 8. The summed E-state index contributed by atoms with van der Waals surface area (Å²) in [6.45, 7) is 5.87. The number of anilines is 1. The summed E-state index contributed by atoms with van der Waals surface area (Å²) in [6.07, 6.45) is 0.200. The maximum Gasteiger partial charge on any atom is 0.251 e. The van der Waals surface area contributed by atoms with Crippen LogP contribution in [-0.2, 0) is 4.79 Å². The minimum atomic E-state index is -0.447. The van der Waals surface area contributed by atoms with Crippen LogP contribution >= 0.6 is 0 Å². The summed E-state index contributed by atoms with van der Waals surface area (Å²) < 4.78 is 5.70. The lowest BCUT2D eigenvalue weighted by atomic mass is 10.0. The molecule has 0 spiro atoms. The monoisotopic (exact) mass is 416 g/mol. The van der Waals surface area contributed by atoms with Gasteiger partial charge in [-0.05, 0) is 62.2 Å². The third-order valence-corrected chi connectivity index (χ3v) is 4.78. The third-order valence-electron chi connectivity index (χ3n) is 4.78. The molecule has 0 aromatic heterocycles. The molecule has 1 unspecified atom stereocenters. The summed E-state index contributed by atoms with van der Waals surface area (Å²) in [5.74, 6) is 0.374. The first kappa shape index (κ1) is 22.1. The van der Waals surface area contributed by atoms with Gasteiger partial charge in [0.15, 0.2) is 0 Å². The quantitative estimate of drug-likeness (QED) is 0.525. The van der Waals surface area contributed by atoms with E-state index in [0.29, 0.717) is 5.56 Å². The van der Waals surface area contributed by atoms with Crippen molar-refractivity contribution in [3.05, 3.63) is 95.6 Å². The lowest BCUT2D eigenvalue weighted by Gasteiger charge is -2.20. The number of benzene rings is 3. The van der Waals surface area contributed by atoms with Crippen molar-refractivity contribution in [2.45, 2.75) is 39.3 Å². The van der Waals surface area contributed by atoms with Gasteiger partial charge in [-0.1, -0.05) is 48.5 Å². The largest absolute Gasteiger partial charge is 0.491 e. The number of carbonyl (C=O) groups is 2. The highest BCUT2D eigenvalue weighted by atomic mass is 16.5. The second-order valence-corrected chi connectivity index (χ2v) is 7.70. The standard InChI is InChI=1S/C26H28N2O3/c1-18(2)31-22-14-15-23(19(3)16-22)27-25(29)17-24(20-10-6-4-7-11-20)28-26(30)21-12-8-5-9-13-21/h4-16,18,24H,17H2,1-3H3,(H,27,29)(H,28,30). The molecule has 0 saturated heterocycles. The fourth-order valence-electron chi connectivity index (χ4n) is 3.28. The Kier molecular flexibility index (Phi) is 7.44. The third kappa shape index (κ3) is 6.44. The van der Waals surface area contributed by atoms with Crippen molar-refractivity contribution < 1.29 is 14.3 Å². The van der Waals surface area contributed by atoms with Gasteiger partial charge in [-0.2, -0.15) is 0 Å². The lowest BCUT2D eigenvalue weighted by molar-refractivity contribution is -0.116. The van der Waals surface area contributed by atoms with E-state index in [-0.39, 0.29) is 24.3 Å². The maximum absolute atomic E-state index is 12.8. The van der Waals surface area contributed by atoms with E-state index < -0.39 is 6.04 Å². The van der Waals surface area contributed by atoms with Crippen LogP contribution in [0.4, 0.5) is 5.69 Å². The molecule has 0 fully saturated rings. The van der Waals surface area contributed by atoms with Crippen molar-refractivity contribution in [3.63, 3.8) is 0 Å². The zero-order valence-electron chi connectivity index (χ0n) is 18.1. The molecule has 2 N–H and O–H groups in total. The first-order valence-electron chi connectivity index (χ1n) is 10.4. The Labute approximate surface area is 183 Å². The molecule has 0 aliphatic heterocycles. The summed E-state index contributed by atoms with van der Waals surface area (Å²) in [5, 5.41) is 5.95. The molecule has 0 heterocycles. The van der Waals surface area contributed by atoms with Crippen LogP contribution in [0, 0.1) is 6.92 Å². The highest BCUT2D eigenvalue weighted by Gasteiger charge is 2.19. The average molecular weight is 417 g/mol. The molecular formula is C26H28N2O3. The predicted molar refractivity (Wildman–Crippen MR) is 123 cm³/mol. The Morgan fingerprint density at radius 2 is 1.55 bits per heavy atom. The van der Waals surface area contributed by atoms with Crippen molar-refractivity contribution >= 4 is 17.5 Å². The Bertz CT molecular complexity index is 1020. The highest BCUT2D eigenvalue weighted by molar-refractivity contribution is 5.96. The summed E-state index contributed by atoms with van der Waals surface area (Å²) >= 11 is 0. The van der Waals surface area contributed by atoms with Crippen LogP contribution in [0.1, 0.15) is 47.8 Å². The van der Waals surface area contributed by atoms with E-state index in [9.17, 15) is 9.59 Å². The first-order valence-corrected chi connectivity index (χ1v) is 10.4. The molecule has 3 rings (SSSR count). The molecule has 0 aliphatic rings. The number of nitrogens with one attached hydrogen (secondary N) is 2. The fraction of sp³-hybridized carbons (Fsp3) is 0.231. The van der Waals surface area contributed by atoms with Gasteiger partial charge in [0.05, 0.1) is 18.6 Å². The summed E-state index contributed by atoms with van der Waals surface area (Å²) in [5.41, 5.74) is 3.07. The predicted octanol–water partition coefficient (Wildman–Crippen LogP) is 5.28. The minimum Gasteiger partial charge on any atom is -0.491 e. The van der Waals surface area contributed by atoms with E-state index >= 15 is 0 Å². The molecule has 31 heavy (non-hydrogen) atoms. The molecule has 3 aromatic rings. The molecule has 0 radical (unpaired) electrons. The highest BCUT2D eigenvalue weighted by Crippen LogP contribution is 2.24. The Hall–Kier alpha value is -3.60. The van der Waals surface area contributed by atoms with Crippen LogP contribution < -0.4 is 15.4 Å². The lowest BCUT2D eigenvalue weighted by Crippen LogP contribution is -2.31. The molecule has 5 nitrogen and oxygen atoms in total. The second kappa shape index (κ2) is 10.4. The van der Waals surface area contributed by atoms with Crippen molar-refractivity contribution in [2.75, 3.05) is 5.32 Å². The average Bonchev–Trinajstić information content (AvgIpc) is 2.76. The van der Waals surface area contributed by atoms with Crippen molar-refractivity contribution in [2.24, 2.45) is 0 Å². The van der Waals surface area contributed by atoms with Gasteiger partial charge >= 0.3 is 0 Å². The Balaban J connectivity index is 1.72. The maximum atomic E-state index is 12.8. The van der Waals surface area contributed by atoms with Gasteiger partial charge in [0.2, 0.25) is 5.91 Å². The molecule has 0 saturated carbocycles. The number of hydrogen-bond acceptors (Lipinski definition) is 3. The summed E-state index contributed by atoms with van der Waals surface area (Å²) in [6, 6.07) is 23.6. The molecular weight excluding hydrogens is 388 g/mol. The molecule has 1 atom stereocenters. The number of hydrogen-bond donors (Lipinski definition) is 2. The fourth-order valence-corrected chi connectivity index (χ4v) is 3.28. The van der Waals surface area contributed by atoms with E-state index in [0.717, 1.165) is 22.6 Å². The van der Waals surface area contributed by atoms with E-state index in [2.05, 4.69) is 10.6 Å². The van der Waals surface area contributed by atoms with Gasteiger partial charge in [-0.15, -0.1) is 0 Å². The number of ether oxygens (including phenoxy) is 1. The van der Waals surface area contributed by atoms with E-state index in [4.69, 9.17) is 4.74 Å². The Morgan fingerprint density at radius 1 is 0.903 bits per heavy atom. The molecule has 2 amide bonds. The van der Waals surface area contributed by atoms with Gasteiger partial charge < -0.3 is 15.4 Å². The molecule has 160 valence electrons. The van der Waals surface area contributed by atoms with Crippen LogP contribution in [0.15, 0.2) is 78.9 Å². The van der Waals surface area contributed by atoms with Crippen LogP contribution in [0.25, 0.3) is 0 Å². The topological polar surface area (TPSA) is 67.4 Å². The Morgan fingerprint density at radius 3 is 2.16 bits per heavy atom. The number of carbonyl (C=O) groups excluding carboxylic acids is 2. The summed E-state index contributed by atoms with van der Waals surface area (Å²) in [7, 11) is 0. The zero-order valence-corrected chi connectivity index (χ0v) is 18.1. The minimum absolute atomic E-state index is 0.0831. The van der Waals surface area contributed by atoms with Crippen molar-refractivity contribution in [1.29, 1.82) is 0 Å². The smallest absolute Gasteiger partial charge is 0.251 e. The van der Waals surface area contributed by atoms with Crippen molar-refractivity contribution in [3.8, 4) is 5.75 Å².